The highest BCUT2D eigenvalue weighted by Crippen LogP contribution is 2.24. The lowest BCUT2D eigenvalue weighted by Gasteiger charge is -2.14. The van der Waals surface area contributed by atoms with Crippen molar-refractivity contribution in [3.8, 4) is 0 Å². The molecule has 37 heavy (non-hydrogen) atoms. The Balaban J connectivity index is 0.00000110. The first kappa shape index (κ1) is 33.5. The van der Waals surface area contributed by atoms with Gasteiger partial charge < -0.3 is 31.1 Å². The first-order chi connectivity index (χ1) is 17.8. The summed E-state index contributed by atoms with van der Waals surface area (Å²) < 4.78 is 4.49. The minimum absolute atomic E-state index is 0.0463. The van der Waals surface area contributed by atoms with Gasteiger partial charge in [0.2, 0.25) is 5.91 Å². The number of aryl methyl sites for hydroxylation is 3. The van der Waals surface area contributed by atoms with Gasteiger partial charge in [-0.2, -0.15) is 5.10 Å². The minimum atomic E-state index is -0.371. The second-order valence-electron chi connectivity index (χ2n) is 7.48. The quantitative estimate of drug-likeness (QED) is 0.125. The van der Waals surface area contributed by atoms with Crippen LogP contribution in [0.3, 0.4) is 0 Å². The van der Waals surface area contributed by atoms with Crippen LogP contribution in [-0.2, 0) is 25.5 Å². The fourth-order valence-corrected chi connectivity index (χ4v) is 3.52. The summed E-state index contributed by atoms with van der Waals surface area (Å²) in [5.41, 5.74) is 7.39. The summed E-state index contributed by atoms with van der Waals surface area (Å²) in [4.78, 5) is 38.9. The average molecular weight is 535 g/mol. The molecule has 11 nitrogen and oxygen atoms in total. The normalized spacial score (nSPS) is 14.5. The van der Waals surface area contributed by atoms with Crippen LogP contribution in [0.2, 0.25) is 0 Å². The fourth-order valence-electron chi connectivity index (χ4n) is 2.95. The molecular formula is C25H38N6O5S. The van der Waals surface area contributed by atoms with Gasteiger partial charge in [-0.3, -0.25) is 14.6 Å². The number of hydrazone groups is 1. The van der Waals surface area contributed by atoms with Crippen LogP contribution in [-0.4, -0.2) is 73.0 Å². The van der Waals surface area contributed by atoms with Crippen molar-refractivity contribution < 1.29 is 24.2 Å². The molecule has 0 bridgehead atoms. The molecule has 0 aliphatic carbocycles. The molecule has 2 aromatic rings. The predicted octanol–water partition coefficient (Wildman–Crippen LogP) is 2.34. The number of ether oxygens (including phenoxy) is 1. The molecule has 204 valence electrons. The molecule has 1 aliphatic rings. The standard InChI is InChI=1S/C19H26N6OS.C3H4O2.C2H6.CH2O2/c1-12-5-13(2)18(14(3)6-12)22-8-16(25-20)9-23-19(26)17(21-4)7-15-10-27-11-24-15;4-1-3-2-5-3;1-2;2-1-3/h5-6,8,10-11,17,21H,7,9,20H2,1-4H3,(H,23,26);1,3H,2H2;1-2H3;1H,(H,2,3)/b22-8?,25-16+;;;. The second kappa shape index (κ2) is 19.7. The number of hydrogen-bond donors (Lipinski definition) is 4. The summed E-state index contributed by atoms with van der Waals surface area (Å²) in [6.07, 6.45) is 2.88. The van der Waals surface area contributed by atoms with E-state index < -0.39 is 0 Å². The van der Waals surface area contributed by atoms with E-state index in [1.165, 1.54) is 16.9 Å². The number of thiazole rings is 1. The summed E-state index contributed by atoms with van der Waals surface area (Å²) in [7, 11) is 1.75. The van der Waals surface area contributed by atoms with E-state index in [0.717, 1.165) is 28.8 Å². The topological polar surface area (TPSA) is 172 Å². The zero-order valence-electron chi connectivity index (χ0n) is 22.2. The van der Waals surface area contributed by atoms with E-state index in [-0.39, 0.29) is 31.1 Å². The molecule has 1 aromatic carbocycles. The van der Waals surface area contributed by atoms with Crippen molar-refractivity contribution in [2.45, 2.75) is 53.2 Å². The van der Waals surface area contributed by atoms with Crippen molar-refractivity contribution in [2.24, 2.45) is 15.9 Å². The van der Waals surface area contributed by atoms with Crippen LogP contribution >= 0.6 is 11.3 Å². The van der Waals surface area contributed by atoms with E-state index in [9.17, 15) is 9.59 Å². The van der Waals surface area contributed by atoms with Crippen LogP contribution in [0.1, 0.15) is 36.2 Å². The van der Waals surface area contributed by atoms with Crippen molar-refractivity contribution in [1.82, 2.24) is 15.6 Å². The van der Waals surface area contributed by atoms with Crippen LogP contribution < -0.4 is 16.5 Å². The molecule has 5 N–H and O–H groups in total. The number of carboxylic acid groups (broad SMARTS) is 1. The average Bonchev–Trinajstić information content (AvgIpc) is 3.59. The van der Waals surface area contributed by atoms with E-state index in [0.29, 0.717) is 18.7 Å². The molecular weight excluding hydrogens is 496 g/mol. The number of aldehydes is 1. The summed E-state index contributed by atoms with van der Waals surface area (Å²) >= 11 is 1.51. The summed E-state index contributed by atoms with van der Waals surface area (Å²) in [5.74, 6) is 5.33. The van der Waals surface area contributed by atoms with Gasteiger partial charge in [0.25, 0.3) is 6.47 Å². The Hall–Kier alpha value is -3.48. The molecule has 1 amide bonds. The lowest BCUT2D eigenvalue weighted by atomic mass is 10.1. The van der Waals surface area contributed by atoms with Crippen molar-refractivity contribution >= 4 is 47.6 Å². The van der Waals surface area contributed by atoms with Crippen LogP contribution in [0.4, 0.5) is 5.69 Å². The predicted molar refractivity (Wildman–Crippen MR) is 148 cm³/mol. The van der Waals surface area contributed by atoms with Gasteiger partial charge in [0, 0.05) is 11.8 Å². The molecule has 0 radical (unpaired) electrons. The number of hydrogen-bond acceptors (Lipinski definition) is 10. The smallest absolute Gasteiger partial charge is 0.290 e. The lowest BCUT2D eigenvalue weighted by Crippen LogP contribution is -2.45. The van der Waals surface area contributed by atoms with Gasteiger partial charge in [-0.25, -0.2) is 4.98 Å². The first-order valence-corrected chi connectivity index (χ1v) is 12.6. The Kier molecular flexibility index (Phi) is 17.8. The summed E-state index contributed by atoms with van der Waals surface area (Å²) in [6, 6.07) is 3.79. The van der Waals surface area contributed by atoms with Gasteiger partial charge >= 0.3 is 0 Å². The number of nitrogens with two attached hydrogens (primary N) is 1. The second-order valence-corrected chi connectivity index (χ2v) is 8.20. The lowest BCUT2D eigenvalue weighted by molar-refractivity contribution is -0.123. The monoisotopic (exact) mass is 534 g/mol. The van der Waals surface area contributed by atoms with Gasteiger partial charge in [0.1, 0.15) is 6.10 Å². The first-order valence-electron chi connectivity index (χ1n) is 11.6. The summed E-state index contributed by atoms with van der Waals surface area (Å²) in [5, 5.41) is 18.4. The number of carbonyl (C=O) groups excluding carboxylic acids is 2. The summed E-state index contributed by atoms with van der Waals surface area (Å²) in [6.45, 7) is 10.7. The van der Waals surface area contributed by atoms with E-state index in [4.69, 9.17) is 15.7 Å². The van der Waals surface area contributed by atoms with Gasteiger partial charge in [0.05, 0.1) is 48.0 Å². The third kappa shape index (κ3) is 14.0. The molecule has 1 fully saturated rings. The number of rotatable bonds is 9. The highest BCUT2D eigenvalue weighted by atomic mass is 32.1. The third-order valence-electron chi connectivity index (χ3n) is 4.66. The Morgan fingerprint density at radius 1 is 1.30 bits per heavy atom. The van der Waals surface area contributed by atoms with Crippen molar-refractivity contribution in [1.29, 1.82) is 0 Å². The number of nitrogens with zero attached hydrogens (tertiary/aromatic N) is 3. The Bertz CT molecular complexity index is 984. The molecule has 3 rings (SSSR count). The molecule has 1 saturated heterocycles. The minimum Gasteiger partial charge on any atom is -0.483 e. The van der Waals surface area contributed by atoms with Crippen LogP contribution in [0.25, 0.3) is 0 Å². The number of nitrogens with one attached hydrogen (secondary N) is 2. The third-order valence-corrected chi connectivity index (χ3v) is 5.30. The van der Waals surface area contributed by atoms with E-state index in [1.54, 1.807) is 18.8 Å². The van der Waals surface area contributed by atoms with Gasteiger partial charge in [-0.15, -0.1) is 11.3 Å². The van der Waals surface area contributed by atoms with Crippen LogP contribution in [0.5, 0.6) is 0 Å². The van der Waals surface area contributed by atoms with Gasteiger partial charge in [-0.1, -0.05) is 31.5 Å². The van der Waals surface area contributed by atoms with Crippen molar-refractivity contribution in [3.63, 3.8) is 0 Å². The molecule has 0 spiro atoms. The zero-order valence-corrected chi connectivity index (χ0v) is 23.0. The Morgan fingerprint density at radius 3 is 2.30 bits per heavy atom. The largest absolute Gasteiger partial charge is 0.483 e. The highest BCUT2D eigenvalue weighted by Gasteiger charge is 2.20. The van der Waals surface area contributed by atoms with Crippen LogP contribution in [0, 0.1) is 20.8 Å². The number of aliphatic imine (C=N–C) groups is 1. The van der Waals surface area contributed by atoms with Gasteiger partial charge in [0.15, 0.2) is 6.29 Å². The Labute approximate surface area is 222 Å². The number of amides is 1. The number of carbonyl (C=O) groups is 3. The SMILES string of the molecule is CC.CNC(Cc1cscn1)C(=O)NC/C(C=Nc1c(C)cc(C)cc1C)=N/N.O=CC1CO1.O=CO. The molecule has 12 heteroatoms. The molecule has 2 atom stereocenters. The van der Waals surface area contributed by atoms with Crippen molar-refractivity contribution in [3.05, 3.63) is 45.4 Å². The van der Waals surface area contributed by atoms with Gasteiger partial charge in [-0.05, 0) is 38.9 Å². The van der Waals surface area contributed by atoms with E-state index >= 15 is 0 Å². The number of benzene rings is 1. The van der Waals surface area contributed by atoms with E-state index in [1.807, 2.05) is 33.1 Å². The maximum Gasteiger partial charge on any atom is 0.290 e. The molecule has 1 aromatic heterocycles. The molecule has 2 heterocycles. The van der Waals surface area contributed by atoms with Crippen LogP contribution in [0.15, 0.2) is 33.1 Å². The maximum absolute atomic E-state index is 12.4. The zero-order chi connectivity index (χ0) is 28.2. The number of aromatic nitrogens is 1. The fraction of sp³-hybridized carbons (Fsp3) is 0.440. The van der Waals surface area contributed by atoms with Crippen molar-refractivity contribution in [2.75, 3.05) is 20.2 Å². The number of likely N-dealkylation sites (N-methyl/N-ethyl adjacent to an activating group) is 1. The maximum atomic E-state index is 12.4. The molecule has 2 unspecified atom stereocenters. The highest BCUT2D eigenvalue weighted by molar-refractivity contribution is 7.07. The molecule has 1 aliphatic heterocycles. The van der Waals surface area contributed by atoms with E-state index in [2.05, 4.69) is 49.5 Å². The molecule has 0 saturated carbocycles. The number of epoxide rings is 1. The Morgan fingerprint density at radius 2 is 1.89 bits per heavy atom.